The largest absolute Gasteiger partial charge is 0.238 e. The molecule has 6 heteroatoms. The van der Waals surface area contributed by atoms with E-state index in [1.165, 1.54) is 0 Å². The molecule has 0 spiro atoms. The number of aliphatic imine (C=N–C) groups is 2. The molecule has 4 nitrogen and oxygen atoms in total. The molecule has 1 aliphatic rings. The van der Waals surface area contributed by atoms with E-state index in [-0.39, 0.29) is 17.3 Å². The van der Waals surface area contributed by atoms with E-state index < -0.39 is 0 Å². The topological polar surface area (TPSA) is 72.3 Å². The summed E-state index contributed by atoms with van der Waals surface area (Å²) in [5.74, 6) is -0.132. The van der Waals surface area contributed by atoms with Gasteiger partial charge in [0.05, 0.1) is 11.4 Å². The van der Waals surface area contributed by atoms with Crippen molar-refractivity contribution in [3.63, 3.8) is 0 Å². The first kappa shape index (κ1) is 23.6. The smallest absolute Gasteiger partial charge is 0.177 e. The molecule has 32 heavy (non-hydrogen) atoms. The molecular formula is C26H20Br2N4. The van der Waals surface area contributed by atoms with Gasteiger partial charge in [0.2, 0.25) is 0 Å². The maximum atomic E-state index is 9.60. The van der Waals surface area contributed by atoms with E-state index in [4.69, 9.17) is 0 Å². The lowest BCUT2D eigenvalue weighted by molar-refractivity contribution is 0.754. The highest BCUT2D eigenvalue weighted by Crippen LogP contribution is 2.24. The second kappa shape index (κ2) is 11.5. The van der Waals surface area contributed by atoms with Crippen molar-refractivity contribution >= 4 is 55.4 Å². The summed E-state index contributed by atoms with van der Waals surface area (Å²) in [5.41, 5.74) is 3.54. The van der Waals surface area contributed by atoms with Gasteiger partial charge in [-0.2, -0.15) is 10.5 Å². The first-order chi connectivity index (χ1) is 15.5. The Balaban J connectivity index is 2.05. The summed E-state index contributed by atoms with van der Waals surface area (Å²) in [6, 6.07) is 20.0. The summed E-state index contributed by atoms with van der Waals surface area (Å²) >= 11 is 6.89. The number of nitrogens with zero attached hydrogens (tertiary/aromatic N) is 4. The van der Waals surface area contributed by atoms with Crippen molar-refractivity contribution in [1.82, 2.24) is 0 Å². The molecule has 2 aromatic carbocycles. The molecule has 0 atom stereocenters. The molecular weight excluding hydrogens is 528 g/mol. The van der Waals surface area contributed by atoms with Gasteiger partial charge in [-0.3, -0.25) is 0 Å². The number of rotatable bonds is 6. The monoisotopic (exact) mass is 546 g/mol. The Morgan fingerprint density at radius 1 is 0.750 bits per heavy atom. The maximum Gasteiger partial charge on any atom is 0.177 e. The number of nitriles is 2. The van der Waals surface area contributed by atoms with Crippen LogP contribution in [0.3, 0.4) is 0 Å². The van der Waals surface area contributed by atoms with Gasteiger partial charge in [-0.25, -0.2) is 9.98 Å². The van der Waals surface area contributed by atoms with Crippen LogP contribution in [0.1, 0.15) is 30.9 Å². The summed E-state index contributed by atoms with van der Waals surface area (Å²) in [6.45, 7) is 2.10. The fourth-order valence-electron chi connectivity index (χ4n) is 3.23. The predicted molar refractivity (Wildman–Crippen MR) is 138 cm³/mol. The van der Waals surface area contributed by atoms with Crippen molar-refractivity contribution in [3.05, 3.63) is 92.1 Å². The molecule has 0 fully saturated rings. The van der Waals surface area contributed by atoms with Crippen LogP contribution >= 0.6 is 31.9 Å². The van der Waals surface area contributed by atoms with Crippen molar-refractivity contribution in [2.75, 3.05) is 0 Å². The van der Waals surface area contributed by atoms with Crippen LogP contribution < -0.4 is 0 Å². The van der Waals surface area contributed by atoms with Gasteiger partial charge in [0.1, 0.15) is 12.1 Å². The molecule has 0 saturated heterocycles. The molecule has 0 N–H and O–H groups in total. The van der Waals surface area contributed by atoms with Crippen molar-refractivity contribution in [3.8, 4) is 12.1 Å². The standard InChI is InChI=1S/C26H20Br2N4/c1-2-3-22-23(14-8-18-4-10-20(27)11-5-18)31-25(16-29)26(17-30)32-24(22)15-9-19-6-12-21(28)13-7-19/h4-15,22H,2-3H2,1H3/b14-8+,15-9+. The Bertz CT molecular complexity index is 1110. The lowest BCUT2D eigenvalue weighted by Crippen LogP contribution is -2.21. The van der Waals surface area contributed by atoms with Crippen molar-refractivity contribution in [1.29, 1.82) is 10.5 Å². The molecule has 0 aliphatic carbocycles. The van der Waals surface area contributed by atoms with E-state index in [0.717, 1.165) is 44.3 Å². The number of benzene rings is 2. The molecule has 3 rings (SSSR count). The van der Waals surface area contributed by atoms with Crippen LogP contribution in [-0.2, 0) is 0 Å². The Kier molecular flexibility index (Phi) is 8.50. The van der Waals surface area contributed by atoms with Gasteiger partial charge in [-0.15, -0.1) is 0 Å². The normalized spacial score (nSPS) is 14.8. The summed E-state index contributed by atoms with van der Waals surface area (Å²) in [7, 11) is 0. The average molecular weight is 548 g/mol. The Labute approximate surface area is 205 Å². The Hall–Kier alpha value is -3.06. The molecule has 0 radical (unpaired) electrons. The van der Waals surface area contributed by atoms with Gasteiger partial charge in [0.15, 0.2) is 11.4 Å². The highest BCUT2D eigenvalue weighted by molar-refractivity contribution is 9.10. The van der Waals surface area contributed by atoms with E-state index in [9.17, 15) is 10.5 Å². The van der Waals surface area contributed by atoms with Crippen molar-refractivity contribution in [2.45, 2.75) is 19.8 Å². The van der Waals surface area contributed by atoms with E-state index in [1.54, 1.807) is 0 Å². The first-order valence-corrected chi connectivity index (χ1v) is 11.7. The van der Waals surface area contributed by atoms with Gasteiger partial charge in [0, 0.05) is 14.9 Å². The minimum absolute atomic E-state index is 0.0381. The Morgan fingerprint density at radius 2 is 1.16 bits per heavy atom. The van der Waals surface area contributed by atoms with Crippen LogP contribution in [-0.4, -0.2) is 11.4 Å². The van der Waals surface area contributed by atoms with Gasteiger partial charge in [-0.1, -0.05) is 81.6 Å². The number of hydrogen-bond acceptors (Lipinski definition) is 4. The van der Waals surface area contributed by atoms with Crippen molar-refractivity contribution in [2.24, 2.45) is 15.9 Å². The average Bonchev–Trinajstić information content (AvgIpc) is 2.95. The number of hydrogen-bond donors (Lipinski definition) is 0. The van der Waals surface area contributed by atoms with Gasteiger partial charge >= 0.3 is 0 Å². The molecule has 0 bridgehead atoms. The quantitative estimate of drug-likeness (QED) is 0.375. The molecule has 2 aromatic rings. The van der Waals surface area contributed by atoms with Crippen LogP contribution in [0.4, 0.5) is 0 Å². The maximum absolute atomic E-state index is 9.60. The van der Waals surface area contributed by atoms with Gasteiger partial charge in [-0.05, 0) is 54.0 Å². The lowest BCUT2D eigenvalue weighted by atomic mass is 9.91. The fourth-order valence-corrected chi connectivity index (χ4v) is 3.76. The molecule has 0 aromatic heterocycles. The summed E-state index contributed by atoms with van der Waals surface area (Å²) in [4.78, 5) is 9.12. The highest BCUT2D eigenvalue weighted by Gasteiger charge is 2.23. The molecule has 0 amide bonds. The second-order valence-corrected chi connectivity index (χ2v) is 8.94. The molecule has 158 valence electrons. The number of halogens is 2. The molecule has 0 saturated carbocycles. The van der Waals surface area contributed by atoms with Gasteiger partial charge in [0.25, 0.3) is 0 Å². The lowest BCUT2D eigenvalue weighted by Gasteiger charge is -2.15. The first-order valence-electron chi connectivity index (χ1n) is 10.1. The van der Waals surface area contributed by atoms with Crippen LogP contribution in [0, 0.1) is 28.6 Å². The van der Waals surface area contributed by atoms with E-state index in [0.29, 0.717) is 0 Å². The minimum atomic E-state index is -0.132. The van der Waals surface area contributed by atoms with Crippen LogP contribution in [0.15, 0.2) is 91.0 Å². The Morgan fingerprint density at radius 3 is 1.50 bits per heavy atom. The third-order valence-corrected chi connectivity index (χ3v) is 5.90. The van der Waals surface area contributed by atoms with Gasteiger partial charge < -0.3 is 0 Å². The van der Waals surface area contributed by atoms with Crippen LogP contribution in [0.25, 0.3) is 12.2 Å². The van der Waals surface area contributed by atoms with Crippen molar-refractivity contribution < 1.29 is 0 Å². The fraction of sp³-hybridized carbons (Fsp3) is 0.154. The molecule has 0 unspecified atom stereocenters. The van der Waals surface area contributed by atoms with E-state index in [2.05, 4.69) is 48.8 Å². The van der Waals surface area contributed by atoms with Crippen LogP contribution in [0.2, 0.25) is 0 Å². The summed E-state index contributed by atoms with van der Waals surface area (Å²) in [6.07, 6.45) is 9.48. The third-order valence-electron chi connectivity index (χ3n) is 4.84. The number of allylic oxidation sites excluding steroid dienone is 4. The summed E-state index contributed by atoms with van der Waals surface area (Å²) in [5, 5.41) is 19.2. The predicted octanol–water partition coefficient (Wildman–Crippen LogP) is 7.51. The minimum Gasteiger partial charge on any atom is -0.238 e. The highest BCUT2D eigenvalue weighted by atomic mass is 79.9. The zero-order valence-electron chi connectivity index (χ0n) is 17.5. The molecule has 1 heterocycles. The third kappa shape index (κ3) is 6.23. The zero-order valence-corrected chi connectivity index (χ0v) is 20.6. The second-order valence-electron chi connectivity index (χ2n) is 7.11. The molecule has 1 aliphatic heterocycles. The van der Waals surface area contributed by atoms with E-state index in [1.807, 2.05) is 85.0 Å². The SMILES string of the molecule is CCCC1C(/C=C/c2ccc(Br)cc2)=NC(C#N)=C(C#N)N=C1/C=C/c1ccc(Br)cc1. The zero-order chi connectivity index (χ0) is 22.9. The summed E-state index contributed by atoms with van der Waals surface area (Å²) < 4.78 is 2.01. The van der Waals surface area contributed by atoms with E-state index >= 15 is 0 Å². The van der Waals surface area contributed by atoms with Crippen LogP contribution in [0.5, 0.6) is 0 Å².